The molecule has 0 radical (unpaired) electrons. The van der Waals surface area contributed by atoms with Gasteiger partial charge in [-0.25, -0.2) is 0 Å². The van der Waals surface area contributed by atoms with E-state index in [1.165, 1.54) is 5.56 Å². The highest BCUT2D eigenvalue weighted by atomic mass is 16.5. The number of nitrogens with zero attached hydrogens (tertiary/aromatic N) is 3. The van der Waals surface area contributed by atoms with Crippen molar-refractivity contribution >= 4 is 0 Å². The Labute approximate surface area is 161 Å². The fraction of sp³-hybridized carbons (Fsp3) is 0.364. The van der Waals surface area contributed by atoms with Crippen molar-refractivity contribution in [3.63, 3.8) is 0 Å². The average Bonchev–Trinajstić information content (AvgIpc) is 3.08. The molecule has 1 heterocycles. The predicted molar refractivity (Wildman–Crippen MR) is 108 cm³/mol. The number of aromatic nitrogens is 3. The summed E-state index contributed by atoms with van der Waals surface area (Å²) in [5.41, 5.74) is 4.20. The van der Waals surface area contributed by atoms with E-state index in [1.54, 1.807) is 4.80 Å². The Kier molecular flexibility index (Phi) is 7.13. The summed E-state index contributed by atoms with van der Waals surface area (Å²) in [5.74, 6) is 0. The highest BCUT2D eigenvalue weighted by Gasteiger charge is 2.13. The average molecular weight is 364 g/mol. The van der Waals surface area contributed by atoms with E-state index in [0.29, 0.717) is 13.1 Å². The molecule has 3 aromatic rings. The van der Waals surface area contributed by atoms with Gasteiger partial charge in [-0.2, -0.15) is 15.0 Å². The van der Waals surface area contributed by atoms with E-state index >= 15 is 0 Å². The van der Waals surface area contributed by atoms with Crippen LogP contribution in [0, 0.1) is 0 Å². The lowest BCUT2D eigenvalue weighted by Gasteiger charge is -2.07. The van der Waals surface area contributed by atoms with Crippen LogP contribution >= 0.6 is 0 Å². The molecule has 5 nitrogen and oxygen atoms in total. The summed E-state index contributed by atoms with van der Waals surface area (Å²) in [7, 11) is 0. The SMILES string of the molecule is CC(C)OCCCNCc1nn(Cc2ccccc2)nc1-c1ccccc1. The minimum Gasteiger partial charge on any atom is -0.379 e. The molecule has 1 N–H and O–H groups in total. The molecule has 0 aliphatic rings. The zero-order valence-electron chi connectivity index (χ0n) is 16.1. The molecule has 3 rings (SSSR count). The zero-order valence-corrected chi connectivity index (χ0v) is 16.1. The van der Waals surface area contributed by atoms with E-state index in [0.717, 1.165) is 36.5 Å². The summed E-state index contributed by atoms with van der Waals surface area (Å²) in [6, 6.07) is 20.5. The Hall–Kier alpha value is -2.50. The molecule has 0 atom stereocenters. The minimum absolute atomic E-state index is 0.285. The lowest BCUT2D eigenvalue weighted by Crippen LogP contribution is -2.18. The van der Waals surface area contributed by atoms with Gasteiger partial charge in [0.1, 0.15) is 11.4 Å². The fourth-order valence-corrected chi connectivity index (χ4v) is 2.86. The van der Waals surface area contributed by atoms with Gasteiger partial charge in [0.15, 0.2) is 0 Å². The second-order valence-electron chi connectivity index (χ2n) is 6.83. The smallest absolute Gasteiger partial charge is 0.117 e. The Bertz CT molecular complexity index is 800. The molecule has 0 fully saturated rings. The van der Waals surface area contributed by atoms with E-state index < -0.39 is 0 Å². The summed E-state index contributed by atoms with van der Waals surface area (Å²) in [5, 5.41) is 13.0. The molecule has 0 aliphatic heterocycles. The van der Waals surface area contributed by atoms with Gasteiger partial charge < -0.3 is 10.1 Å². The number of benzene rings is 2. The third-order valence-corrected chi connectivity index (χ3v) is 4.18. The monoisotopic (exact) mass is 364 g/mol. The molecule has 0 bridgehead atoms. The molecular weight excluding hydrogens is 336 g/mol. The van der Waals surface area contributed by atoms with Crippen LogP contribution in [0.2, 0.25) is 0 Å². The highest BCUT2D eigenvalue weighted by Crippen LogP contribution is 2.20. The fourth-order valence-electron chi connectivity index (χ4n) is 2.86. The molecule has 2 aromatic carbocycles. The molecule has 0 amide bonds. The predicted octanol–water partition coefficient (Wildman–Crippen LogP) is 3.90. The van der Waals surface area contributed by atoms with Crippen LogP contribution in [0.4, 0.5) is 0 Å². The van der Waals surface area contributed by atoms with E-state index in [2.05, 4.69) is 43.4 Å². The zero-order chi connectivity index (χ0) is 18.9. The van der Waals surface area contributed by atoms with Gasteiger partial charge >= 0.3 is 0 Å². The van der Waals surface area contributed by atoms with Crippen molar-refractivity contribution in [1.82, 2.24) is 20.3 Å². The number of hydrogen-bond donors (Lipinski definition) is 1. The number of ether oxygens (including phenoxy) is 1. The molecule has 0 saturated heterocycles. The maximum atomic E-state index is 5.59. The number of nitrogens with one attached hydrogen (secondary N) is 1. The molecule has 0 spiro atoms. The molecule has 0 unspecified atom stereocenters. The number of rotatable bonds is 10. The summed E-state index contributed by atoms with van der Waals surface area (Å²) >= 11 is 0. The third kappa shape index (κ3) is 6.01. The van der Waals surface area contributed by atoms with Crippen LogP contribution in [-0.2, 0) is 17.8 Å². The van der Waals surface area contributed by atoms with Gasteiger partial charge in [0.05, 0.1) is 12.6 Å². The molecule has 1 aromatic heterocycles. The summed E-state index contributed by atoms with van der Waals surface area (Å²) < 4.78 is 5.59. The third-order valence-electron chi connectivity index (χ3n) is 4.18. The second-order valence-corrected chi connectivity index (χ2v) is 6.83. The lowest BCUT2D eigenvalue weighted by atomic mass is 10.1. The van der Waals surface area contributed by atoms with Crippen LogP contribution in [0.25, 0.3) is 11.3 Å². The molecular formula is C22H28N4O. The highest BCUT2D eigenvalue weighted by molar-refractivity contribution is 5.60. The summed E-state index contributed by atoms with van der Waals surface area (Å²) in [4.78, 5) is 1.79. The van der Waals surface area contributed by atoms with Crippen LogP contribution in [-0.4, -0.2) is 34.2 Å². The maximum absolute atomic E-state index is 5.59. The van der Waals surface area contributed by atoms with Crippen LogP contribution in [0.15, 0.2) is 60.7 Å². The first-order valence-corrected chi connectivity index (χ1v) is 9.58. The van der Waals surface area contributed by atoms with Crippen molar-refractivity contribution in [1.29, 1.82) is 0 Å². The van der Waals surface area contributed by atoms with Gasteiger partial charge in [-0.15, -0.1) is 0 Å². The molecule has 0 saturated carbocycles. The number of hydrogen-bond acceptors (Lipinski definition) is 4. The first-order chi connectivity index (χ1) is 13.2. The van der Waals surface area contributed by atoms with Gasteiger partial charge in [-0.1, -0.05) is 60.7 Å². The van der Waals surface area contributed by atoms with E-state index in [9.17, 15) is 0 Å². The Balaban J connectivity index is 1.67. The topological polar surface area (TPSA) is 52.0 Å². The largest absolute Gasteiger partial charge is 0.379 e. The quantitative estimate of drug-likeness (QED) is 0.555. The van der Waals surface area contributed by atoms with Gasteiger partial charge in [0.2, 0.25) is 0 Å². The minimum atomic E-state index is 0.285. The Morgan fingerprint density at radius 1 is 0.963 bits per heavy atom. The van der Waals surface area contributed by atoms with Crippen LogP contribution < -0.4 is 5.32 Å². The normalized spacial score (nSPS) is 11.2. The van der Waals surface area contributed by atoms with Gasteiger partial charge in [-0.05, 0) is 32.4 Å². The van der Waals surface area contributed by atoms with Crippen molar-refractivity contribution in [2.24, 2.45) is 0 Å². The Morgan fingerprint density at radius 2 is 1.67 bits per heavy atom. The molecule has 142 valence electrons. The molecule has 27 heavy (non-hydrogen) atoms. The van der Waals surface area contributed by atoms with Crippen molar-refractivity contribution in [2.75, 3.05) is 13.2 Å². The van der Waals surface area contributed by atoms with Gasteiger partial charge in [-0.3, -0.25) is 0 Å². The standard InChI is InChI=1S/C22H28N4O/c1-18(2)27-15-9-14-23-16-21-22(20-12-7-4-8-13-20)25-26(24-21)17-19-10-5-3-6-11-19/h3-8,10-13,18,23H,9,14-17H2,1-2H3. The van der Waals surface area contributed by atoms with Crippen LogP contribution in [0.5, 0.6) is 0 Å². The summed E-state index contributed by atoms with van der Waals surface area (Å²) in [6.45, 7) is 7.15. The Morgan fingerprint density at radius 3 is 2.37 bits per heavy atom. The summed E-state index contributed by atoms with van der Waals surface area (Å²) in [6.07, 6.45) is 1.27. The molecule has 5 heteroatoms. The first kappa shape index (κ1) is 19.3. The van der Waals surface area contributed by atoms with E-state index in [1.807, 2.05) is 36.4 Å². The van der Waals surface area contributed by atoms with Crippen LogP contribution in [0.1, 0.15) is 31.5 Å². The first-order valence-electron chi connectivity index (χ1n) is 9.58. The maximum Gasteiger partial charge on any atom is 0.117 e. The van der Waals surface area contributed by atoms with E-state index in [-0.39, 0.29) is 6.10 Å². The van der Waals surface area contributed by atoms with Crippen LogP contribution in [0.3, 0.4) is 0 Å². The van der Waals surface area contributed by atoms with Gasteiger partial charge in [0.25, 0.3) is 0 Å². The van der Waals surface area contributed by atoms with Crippen molar-refractivity contribution in [2.45, 2.75) is 39.5 Å². The van der Waals surface area contributed by atoms with Crippen molar-refractivity contribution in [3.05, 3.63) is 71.9 Å². The van der Waals surface area contributed by atoms with Gasteiger partial charge in [0, 0.05) is 18.7 Å². The van der Waals surface area contributed by atoms with Crippen molar-refractivity contribution < 1.29 is 4.74 Å². The second kappa shape index (κ2) is 10.00. The molecule has 0 aliphatic carbocycles. The van der Waals surface area contributed by atoms with Crippen molar-refractivity contribution in [3.8, 4) is 11.3 Å². The lowest BCUT2D eigenvalue weighted by molar-refractivity contribution is 0.0770. The van der Waals surface area contributed by atoms with E-state index in [4.69, 9.17) is 14.9 Å².